The van der Waals surface area contributed by atoms with Crippen molar-refractivity contribution in [2.45, 2.75) is 24.0 Å². The summed E-state index contributed by atoms with van der Waals surface area (Å²) < 4.78 is 66.3. The number of nitrogens with one attached hydrogen (secondary N) is 1. The van der Waals surface area contributed by atoms with Crippen LogP contribution >= 0.6 is 0 Å². The maximum atomic E-state index is 13.4. The van der Waals surface area contributed by atoms with E-state index in [1.54, 1.807) is 0 Å². The Bertz CT molecular complexity index is 874. The molecule has 1 N–H and O–H groups in total. The normalized spacial score (nSPS) is 16.0. The lowest BCUT2D eigenvalue weighted by Gasteiger charge is -2.25. The van der Waals surface area contributed by atoms with E-state index in [4.69, 9.17) is 0 Å². The second kappa shape index (κ2) is 6.72. The van der Waals surface area contributed by atoms with E-state index in [1.165, 1.54) is 4.31 Å². The molecule has 0 unspecified atom stereocenters. The van der Waals surface area contributed by atoms with Crippen LogP contribution in [0.5, 0.6) is 0 Å². The van der Waals surface area contributed by atoms with Crippen molar-refractivity contribution in [3.05, 3.63) is 42.2 Å². The van der Waals surface area contributed by atoms with E-state index >= 15 is 0 Å². The Balaban J connectivity index is 1.93. The van der Waals surface area contributed by atoms with E-state index in [-0.39, 0.29) is 15.5 Å². The molecule has 1 aromatic heterocycles. The number of aromatic amines is 1. The lowest BCUT2D eigenvalue weighted by molar-refractivity contribution is -0.122. The summed E-state index contributed by atoms with van der Waals surface area (Å²) in [6.07, 6.45) is -2.33. The number of amides is 1. The first kappa shape index (κ1) is 18.4. The molecule has 3 rings (SSSR count). The van der Waals surface area contributed by atoms with Gasteiger partial charge in [-0.2, -0.15) is 9.40 Å². The van der Waals surface area contributed by atoms with Crippen molar-refractivity contribution in [1.29, 1.82) is 0 Å². The molecule has 1 saturated heterocycles. The summed E-state index contributed by atoms with van der Waals surface area (Å²) in [5.41, 5.74) is -0.825. The van der Waals surface area contributed by atoms with Gasteiger partial charge in [-0.15, -0.1) is 13.2 Å². The first-order valence-electron chi connectivity index (χ1n) is 7.72. The predicted molar refractivity (Wildman–Crippen MR) is 85.9 cm³/mol. The van der Waals surface area contributed by atoms with E-state index < -0.39 is 27.9 Å². The molecule has 1 amide bonds. The number of alkyl halides is 3. The van der Waals surface area contributed by atoms with Gasteiger partial charge in [-0.3, -0.25) is 9.89 Å². The van der Waals surface area contributed by atoms with Crippen molar-refractivity contribution in [2.75, 3.05) is 18.0 Å². The Morgan fingerprint density at radius 1 is 1.12 bits per heavy atom. The fraction of sp³-hybridized carbons (Fsp3) is 0.333. The number of anilines is 1. The van der Waals surface area contributed by atoms with Crippen LogP contribution in [0.25, 0.3) is 0 Å². The predicted octanol–water partition coefficient (Wildman–Crippen LogP) is 2.36. The Morgan fingerprint density at radius 3 is 2.23 bits per heavy atom. The number of halogens is 3. The zero-order valence-electron chi connectivity index (χ0n) is 13.4. The van der Waals surface area contributed by atoms with Gasteiger partial charge in [0.25, 0.3) is 5.91 Å². The molecule has 2 aromatic rings. The molecule has 26 heavy (non-hydrogen) atoms. The number of H-pyrrole nitrogens is 1. The van der Waals surface area contributed by atoms with E-state index in [2.05, 4.69) is 10.2 Å². The fourth-order valence-corrected chi connectivity index (χ4v) is 4.24. The third kappa shape index (κ3) is 3.44. The standard InChI is InChI=1S/C15H15F3N4O3S/c16-15(17,18)22(14(23)13-7-8-19-20-13)11-3-5-12(6-4-11)26(24,25)21-9-1-2-10-21/h3-8H,1-2,9-10H2,(H,19,20). The lowest BCUT2D eigenvalue weighted by atomic mass is 10.2. The van der Waals surface area contributed by atoms with Gasteiger partial charge in [-0.05, 0) is 43.2 Å². The Labute approximate surface area is 147 Å². The lowest BCUT2D eigenvalue weighted by Crippen LogP contribution is -2.43. The van der Waals surface area contributed by atoms with Crippen LogP contribution in [-0.2, 0) is 10.0 Å². The molecule has 0 radical (unpaired) electrons. The van der Waals surface area contributed by atoms with Crippen molar-refractivity contribution >= 4 is 21.6 Å². The van der Waals surface area contributed by atoms with Crippen LogP contribution in [0.3, 0.4) is 0 Å². The minimum absolute atomic E-state index is 0.112. The van der Waals surface area contributed by atoms with E-state index in [1.807, 2.05) is 0 Å². The summed E-state index contributed by atoms with van der Waals surface area (Å²) in [7, 11) is -3.75. The molecule has 0 saturated carbocycles. The highest BCUT2D eigenvalue weighted by Crippen LogP contribution is 2.31. The summed E-state index contributed by atoms with van der Waals surface area (Å²) in [5, 5.41) is 5.66. The third-order valence-corrected chi connectivity index (χ3v) is 5.90. The molecule has 11 heteroatoms. The fourth-order valence-electron chi connectivity index (χ4n) is 2.72. The third-order valence-electron chi connectivity index (χ3n) is 3.99. The van der Waals surface area contributed by atoms with Gasteiger partial charge in [0.15, 0.2) is 0 Å². The summed E-state index contributed by atoms with van der Waals surface area (Å²) >= 11 is 0. The zero-order valence-corrected chi connectivity index (χ0v) is 14.2. The SMILES string of the molecule is O=C(c1ccn[nH]1)N(c1ccc(S(=O)(=O)N2CCCC2)cc1)C(F)(F)F. The van der Waals surface area contributed by atoms with Gasteiger partial charge < -0.3 is 0 Å². The van der Waals surface area contributed by atoms with Crippen molar-refractivity contribution in [2.24, 2.45) is 0 Å². The van der Waals surface area contributed by atoms with Gasteiger partial charge in [0, 0.05) is 19.3 Å². The average molecular weight is 388 g/mol. The van der Waals surface area contributed by atoms with Crippen molar-refractivity contribution in [3.8, 4) is 0 Å². The maximum absolute atomic E-state index is 13.4. The number of rotatable bonds is 4. The number of carbonyl (C=O) groups is 1. The van der Waals surface area contributed by atoms with Crippen molar-refractivity contribution in [3.63, 3.8) is 0 Å². The molecule has 7 nitrogen and oxygen atoms in total. The van der Waals surface area contributed by atoms with Gasteiger partial charge in [0.2, 0.25) is 10.0 Å². The molecule has 0 bridgehead atoms. The largest absolute Gasteiger partial charge is 0.491 e. The number of hydrogen-bond donors (Lipinski definition) is 1. The number of nitrogens with zero attached hydrogens (tertiary/aromatic N) is 3. The minimum Gasteiger partial charge on any atom is -0.273 e. The highest BCUT2D eigenvalue weighted by molar-refractivity contribution is 7.89. The summed E-state index contributed by atoms with van der Waals surface area (Å²) in [4.78, 5) is 11.7. The van der Waals surface area contributed by atoms with E-state index in [0.29, 0.717) is 13.1 Å². The molecule has 140 valence electrons. The number of carbonyl (C=O) groups excluding carboxylic acids is 1. The highest BCUT2D eigenvalue weighted by atomic mass is 32.2. The molecule has 0 atom stereocenters. The molecule has 1 aliphatic rings. The molecule has 1 fully saturated rings. The van der Waals surface area contributed by atoms with Gasteiger partial charge in [0.05, 0.1) is 10.6 Å². The number of benzene rings is 1. The molecule has 1 aromatic carbocycles. The van der Waals surface area contributed by atoms with Crippen LogP contribution in [-0.4, -0.2) is 48.2 Å². The van der Waals surface area contributed by atoms with Crippen molar-refractivity contribution < 1.29 is 26.4 Å². The van der Waals surface area contributed by atoms with Gasteiger partial charge >= 0.3 is 6.30 Å². The second-order valence-electron chi connectivity index (χ2n) is 5.68. The molecular formula is C15H15F3N4O3S. The van der Waals surface area contributed by atoms with Crippen LogP contribution < -0.4 is 4.90 Å². The Kier molecular flexibility index (Phi) is 4.76. The average Bonchev–Trinajstić information content (AvgIpc) is 3.28. The van der Waals surface area contributed by atoms with Gasteiger partial charge in [0.1, 0.15) is 5.69 Å². The quantitative estimate of drug-likeness (QED) is 0.815. The number of sulfonamides is 1. The Hall–Kier alpha value is -2.40. The van der Waals surface area contributed by atoms with Crippen molar-refractivity contribution in [1.82, 2.24) is 14.5 Å². The second-order valence-corrected chi connectivity index (χ2v) is 7.62. The number of hydrogen-bond acceptors (Lipinski definition) is 4. The molecule has 2 heterocycles. The minimum atomic E-state index is -4.99. The molecular weight excluding hydrogens is 373 g/mol. The molecule has 0 aliphatic carbocycles. The molecule has 1 aliphatic heterocycles. The maximum Gasteiger partial charge on any atom is 0.491 e. The van der Waals surface area contributed by atoms with Crippen LogP contribution in [0.15, 0.2) is 41.4 Å². The van der Waals surface area contributed by atoms with Crippen LogP contribution in [0.4, 0.5) is 18.9 Å². The van der Waals surface area contributed by atoms with Gasteiger partial charge in [-0.25, -0.2) is 13.3 Å². The number of aromatic nitrogens is 2. The summed E-state index contributed by atoms with van der Waals surface area (Å²) in [5.74, 6) is -1.34. The van der Waals surface area contributed by atoms with Crippen LogP contribution in [0, 0.1) is 0 Å². The van der Waals surface area contributed by atoms with E-state index in [0.717, 1.165) is 49.4 Å². The topological polar surface area (TPSA) is 86.4 Å². The zero-order chi connectivity index (χ0) is 18.9. The van der Waals surface area contributed by atoms with E-state index in [9.17, 15) is 26.4 Å². The molecule has 0 spiro atoms. The monoisotopic (exact) mass is 388 g/mol. The van der Waals surface area contributed by atoms with Gasteiger partial charge in [-0.1, -0.05) is 0 Å². The first-order chi connectivity index (χ1) is 12.2. The highest BCUT2D eigenvalue weighted by Gasteiger charge is 2.43. The van der Waals surface area contributed by atoms with Crippen LogP contribution in [0.2, 0.25) is 0 Å². The first-order valence-corrected chi connectivity index (χ1v) is 9.16. The summed E-state index contributed by atoms with van der Waals surface area (Å²) in [6.45, 7) is 0.772. The summed E-state index contributed by atoms with van der Waals surface area (Å²) in [6, 6.07) is 5.19. The Morgan fingerprint density at radius 2 is 1.73 bits per heavy atom. The smallest absolute Gasteiger partial charge is 0.273 e. The van der Waals surface area contributed by atoms with Crippen LogP contribution in [0.1, 0.15) is 23.3 Å².